The topological polar surface area (TPSA) is 49.8 Å². The molecule has 94 valence electrons. The van der Waals surface area contributed by atoms with Crippen LogP contribution in [0, 0.1) is 5.92 Å². The van der Waals surface area contributed by atoms with Crippen LogP contribution >= 0.6 is 0 Å². The zero-order chi connectivity index (χ0) is 11.8. The van der Waals surface area contributed by atoms with Crippen molar-refractivity contribution in [2.24, 2.45) is 5.92 Å². The molecule has 1 saturated heterocycles. The first-order valence-corrected chi connectivity index (χ1v) is 6.18. The van der Waals surface area contributed by atoms with Gasteiger partial charge in [-0.2, -0.15) is 0 Å². The predicted octanol–water partition coefficient (Wildman–Crippen LogP) is 1.60. The monoisotopic (exact) mass is 229 g/mol. The minimum Gasteiger partial charge on any atom is -0.481 e. The second-order valence-electron chi connectivity index (χ2n) is 4.53. The largest absolute Gasteiger partial charge is 0.481 e. The molecule has 0 radical (unpaired) electrons. The maximum Gasteiger partial charge on any atom is 0.307 e. The molecule has 1 aliphatic heterocycles. The molecule has 1 rings (SSSR count). The van der Waals surface area contributed by atoms with Crippen LogP contribution < -0.4 is 0 Å². The summed E-state index contributed by atoms with van der Waals surface area (Å²) < 4.78 is 4.99. The molecule has 0 amide bonds. The van der Waals surface area contributed by atoms with E-state index in [1.807, 2.05) is 0 Å². The summed E-state index contributed by atoms with van der Waals surface area (Å²) in [6.45, 7) is 3.67. The van der Waals surface area contributed by atoms with Gasteiger partial charge in [0.1, 0.15) is 0 Å². The number of unbranched alkanes of at least 4 members (excludes halogenated alkanes) is 2. The van der Waals surface area contributed by atoms with Crippen LogP contribution in [0.4, 0.5) is 0 Å². The Morgan fingerprint density at radius 3 is 2.94 bits per heavy atom. The molecular formula is C12H23NO3. The molecule has 0 aromatic carbocycles. The predicted molar refractivity (Wildman–Crippen MR) is 62.5 cm³/mol. The smallest absolute Gasteiger partial charge is 0.307 e. The molecule has 1 N–H and O–H groups in total. The highest BCUT2D eigenvalue weighted by Gasteiger charge is 2.24. The number of hydrogen-bond acceptors (Lipinski definition) is 3. The molecule has 1 heterocycles. The number of rotatable bonds is 7. The number of methoxy groups -OCH3 is 1. The van der Waals surface area contributed by atoms with Crippen molar-refractivity contribution >= 4 is 5.97 Å². The molecule has 4 nitrogen and oxygen atoms in total. The summed E-state index contributed by atoms with van der Waals surface area (Å²) in [5, 5.41) is 8.95. The van der Waals surface area contributed by atoms with Gasteiger partial charge in [0.05, 0.1) is 5.92 Å². The molecule has 16 heavy (non-hydrogen) atoms. The third-order valence-corrected chi connectivity index (χ3v) is 3.18. The number of aliphatic carboxylic acids is 1. The van der Waals surface area contributed by atoms with Gasteiger partial charge in [0.15, 0.2) is 0 Å². The van der Waals surface area contributed by atoms with E-state index in [0.29, 0.717) is 0 Å². The molecule has 0 saturated carbocycles. The highest BCUT2D eigenvalue weighted by atomic mass is 16.5. The molecule has 0 aromatic rings. The highest BCUT2D eigenvalue weighted by Crippen LogP contribution is 2.17. The van der Waals surface area contributed by atoms with Gasteiger partial charge in [-0.1, -0.05) is 0 Å². The summed E-state index contributed by atoms with van der Waals surface area (Å²) in [7, 11) is 1.72. The number of carbonyl (C=O) groups is 1. The number of nitrogens with zero attached hydrogens (tertiary/aromatic N) is 1. The quantitative estimate of drug-likeness (QED) is 0.674. The first-order valence-electron chi connectivity index (χ1n) is 6.18. The molecule has 1 fully saturated rings. The Balaban J connectivity index is 2.10. The van der Waals surface area contributed by atoms with E-state index in [9.17, 15) is 4.79 Å². The zero-order valence-corrected chi connectivity index (χ0v) is 10.2. The van der Waals surface area contributed by atoms with E-state index >= 15 is 0 Å². The minimum atomic E-state index is -0.635. The fourth-order valence-electron chi connectivity index (χ4n) is 2.22. The van der Waals surface area contributed by atoms with Crippen LogP contribution in [0.3, 0.4) is 0 Å². The van der Waals surface area contributed by atoms with E-state index in [2.05, 4.69) is 4.90 Å². The van der Waals surface area contributed by atoms with Gasteiger partial charge in [-0.3, -0.25) is 4.79 Å². The van der Waals surface area contributed by atoms with Crippen molar-refractivity contribution in [2.75, 3.05) is 33.4 Å². The van der Waals surface area contributed by atoms with Crippen molar-refractivity contribution in [2.45, 2.75) is 32.1 Å². The normalized spacial score (nSPS) is 22.2. The molecule has 1 aliphatic rings. The Hall–Kier alpha value is -0.610. The van der Waals surface area contributed by atoms with Crippen molar-refractivity contribution < 1.29 is 14.6 Å². The lowest BCUT2D eigenvalue weighted by Gasteiger charge is -2.30. The van der Waals surface area contributed by atoms with E-state index in [4.69, 9.17) is 9.84 Å². The summed E-state index contributed by atoms with van der Waals surface area (Å²) in [5.41, 5.74) is 0. The first-order chi connectivity index (χ1) is 7.74. The lowest BCUT2D eigenvalue weighted by atomic mass is 9.98. The van der Waals surface area contributed by atoms with Gasteiger partial charge in [0.25, 0.3) is 0 Å². The number of hydrogen-bond donors (Lipinski definition) is 1. The highest BCUT2D eigenvalue weighted by molar-refractivity contribution is 5.70. The van der Waals surface area contributed by atoms with Crippen LogP contribution in [0.25, 0.3) is 0 Å². The van der Waals surface area contributed by atoms with E-state index in [1.54, 1.807) is 7.11 Å². The van der Waals surface area contributed by atoms with E-state index < -0.39 is 5.97 Å². The first kappa shape index (κ1) is 13.5. The van der Waals surface area contributed by atoms with Crippen molar-refractivity contribution in [3.8, 4) is 0 Å². The maximum absolute atomic E-state index is 10.9. The molecular weight excluding hydrogens is 206 g/mol. The molecule has 0 aliphatic carbocycles. The molecule has 0 bridgehead atoms. The number of likely N-dealkylation sites (tertiary alicyclic amines) is 1. The van der Waals surface area contributed by atoms with Gasteiger partial charge in [0.2, 0.25) is 0 Å². The standard InChI is InChI=1S/C12H23NO3/c1-16-9-4-2-3-7-13-8-5-6-11(10-13)12(14)15/h11H,2-10H2,1H3,(H,14,15). The average Bonchev–Trinajstić information content (AvgIpc) is 2.29. The Morgan fingerprint density at radius 1 is 1.44 bits per heavy atom. The van der Waals surface area contributed by atoms with Gasteiger partial charge in [0, 0.05) is 20.3 Å². The summed E-state index contributed by atoms with van der Waals surface area (Å²) in [6, 6.07) is 0. The fourth-order valence-corrected chi connectivity index (χ4v) is 2.22. The van der Waals surface area contributed by atoms with Gasteiger partial charge in [-0.15, -0.1) is 0 Å². The van der Waals surface area contributed by atoms with E-state index in [1.165, 1.54) is 6.42 Å². The average molecular weight is 229 g/mol. The van der Waals surface area contributed by atoms with Crippen molar-refractivity contribution in [1.82, 2.24) is 4.90 Å². The van der Waals surface area contributed by atoms with E-state index in [-0.39, 0.29) is 5.92 Å². The number of ether oxygens (including phenoxy) is 1. The van der Waals surface area contributed by atoms with Crippen LogP contribution in [0.2, 0.25) is 0 Å². The molecule has 4 heteroatoms. The molecule has 0 spiro atoms. The number of carboxylic acids is 1. The third-order valence-electron chi connectivity index (χ3n) is 3.18. The molecule has 0 aromatic heterocycles. The fraction of sp³-hybridized carbons (Fsp3) is 0.917. The zero-order valence-electron chi connectivity index (χ0n) is 10.2. The van der Waals surface area contributed by atoms with Crippen LogP contribution in [0.5, 0.6) is 0 Å². The van der Waals surface area contributed by atoms with Crippen LogP contribution in [0.15, 0.2) is 0 Å². The van der Waals surface area contributed by atoms with Crippen molar-refractivity contribution in [3.63, 3.8) is 0 Å². The Kier molecular flexibility index (Phi) is 6.42. The van der Waals surface area contributed by atoms with Gasteiger partial charge < -0.3 is 14.7 Å². The summed E-state index contributed by atoms with van der Waals surface area (Å²) >= 11 is 0. The number of carboxylic acid groups (broad SMARTS) is 1. The maximum atomic E-state index is 10.9. The van der Waals surface area contributed by atoms with Crippen molar-refractivity contribution in [3.05, 3.63) is 0 Å². The van der Waals surface area contributed by atoms with Crippen LogP contribution in [0.1, 0.15) is 32.1 Å². The lowest BCUT2D eigenvalue weighted by molar-refractivity contribution is -0.143. The molecule has 1 unspecified atom stereocenters. The minimum absolute atomic E-state index is 0.146. The van der Waals surface area contributed by atoms with E-state index in [0.717, 1.165) is 51.9 Å². The van der Waals surface area contributed by atoms with Gasteiger partial charge >= 0.3 is 5.97 Å². The SMILES string of the molecule is COCCCCCN1CCCC(C(=O)O)C1. The lowest BCUT2D eigenvalue weighted by Crippen LogP contribution is -2.39. The number of piperidine rings is 1. The Labute approximate surface area is 97.6 Å². The Morgan fingerprint density at radius 2 is 2.25 bits per heavy atom. The van der Waals surface area contributed by atoms with Crippen LogP contribution in [-0.2, 0) is 9.53 Å². The molecule has 1 atom stereocenters. The van der Waals surface area contributed by atoms with Gasteiger partial charge in [-0.05, 0) is 45.2 Å². The summed E-state index contributed by atoms with van der Waals surface area (Å²) in [4.78, 5) is 13.2. The second kappa shape index (κ2) is 7.63. The van der Waals surface area contributed by atoms with Crippen LogP contribution in [-0.4, -0.2) is 49.3 Å². The summed E-state index contributed by atoms with van der Waals surface area (Å²) in [6.07, 6.45) is 5.29. The van der Waals surface area contributed by atoms with Crippen molar-refractivity contribution in [1.29, 1.82) is 0 Å². The summed E-state index contributed by atoms with van der Waals surface area (Å²) in [5.74, 6) is -0.781. The third kappa shape index (κ3) is 4.94. The van der Waals surface area contributed by atoms with Gasteiger partial charge in [-0.25, -0.2) is 0 Å². The Bertz CT molecular complexity index is 208. The second-order valence-corrected chi connectivity index (χ2v) is 4.53.